The van der Waals surface area contributed by atoms with Crippen LogP contribution in [0, 0.1) is 0 Å². The molecule has 1 saturated heterocycles. The summed E-state index contributed by atoms with van der Waals surface area (Å²) in [5.74, 6) is -0.157. The van der Waals surface area contributed by atoms with Gasteiger partial charge < -0.3 is 4.90 Å². The molecular formula is C25H22N4O2S2. The van der Waals surface area contributed by atoms with Crippen molar-refractivity contribution in [2.45, 2.75) is 25.8 Å². The number of para-hydroxylation sites is 2. The molecule has 0 aliphatic carbocycles. The highest BCUT2D eigenvalue weighted by molar-refractivity contribution is 7.18. The highest BCUT2D eigenvalue weighted by Gasteiger charge is 2.31. The second-order valence-electron chi connectivity index (χ2n) is 7.79. The Bertz CT molecular complexity index is 1300. The summed E-state index contributed by atoms with van der Waals surface area (Å²) < 4.78 is 1.14. The Labute approximate surface area is 199 Å². The number of anilines is 2. The summed E-state index contributed by atoms with van der Waals surface area (Å²) in [6.45, 7) is 2.24. The lowest BCUT2D eigenvalue weighted by Gasteiger charge is -2.21. The molecule has 2 aromatic heterocycles. The number of aromatic nitrogens is 2. The van der Waals surface area contributed by atoms with Crippen LogP contribution in [0.1, 0.15) is 36.5 Å². The Morgan fingerprint density at radius 1 is 1.09 bits per heavy atom. The number of carbonyl (C=O) groups is 2. The van der Waals surface area contributed by atoms with E-state index in [4.69, 9.17) is 4.98 Å². The zero-order valence-electron chi connectivity index (χ0n) is 18.0. The highest BCUT2D eigenvalue weighted by atomic mass is 32.1. The Morgan fingerprint density at radius 3 is 2.67 bits per heavy atom. The smallest absolute Gasteiger partial charge is 0.247 e. The normalized spacial score (nSPS) is 16.0. The summed E-state index contributed by atoms with van der Waals surface area (Å²) in [5, 5.41) is 3.42. The van der Waals surface area contributed by atoms with Gasteiger partial charge in [-0.2, -0.15) is 0 Å². The molecule has 5 rings (SSSR count). The summed E-state index contributed by atoms with van der Waals surface area (Å²) in [4.78, 5) is 38.1. The summed E-state index contributed by atoms with van der Waals surface area (Å²) in [7, 11) is 0. The second kappa shape index (κ2) is 9.25. The van der Waals surface area contributed by atoms with Crippen molar-refractivity contribution in [3.63, 3.8) is 0 Å². The third-order valence-corrected chi connectivity index (χ3v) is 7.54. The predicted octanol–water partition coefficient (Wildman–Crippen LogP) is 5.81. The molecule has 0 bridgehead atoms. The minimum Gasteiger partial charge on any atom is -0.330 e. The monoisotopic (exact) mass is 474 g/mol. The Kier molecular flexibility index (Phi) is 6.02. The molecule has 166 valence electrons. The molecule has 8 heteroatoms. The topological polar surface area (TPSA) is 66.4 Å². The minimum absolute atomic E-state index is 0.0110. The van der Waals surface area contributed by atoms with Gasteiger partial charge in [-0.25, -0.2) is 9.97 Å². The van der Waals surface area contributed by atoms with Crippen LogP contribution in [0.5, 0.6) is 0 Å². The Balaban J connectivity index is 1.32. The van der Waals surface area contributed by atoms with Crippen molar-refractivity contribution in [1.82, 2.24) is 14.9 Å². The van der Waals surface area contributed by atoms with E-state index in [0.29, 0.717) is 10.8 Å². The predicted molar refractivity (Wildman–Crippen MR) is 134 cm³/mol. The molecule has 1 fully saturated rings. The van der Waals surface area contributed by atoms with Crippen molar-refractivity contribution in [2.75, 3.05) is 11.4 Å². The zero-order chi connectivity index (χ0) is 22.8. The van der Waals surface area contributed by atoms with Crippen LogP contribution in [0.2, 0.25) is 0 Å². The zero-order valence-corrected chi connectivity index (χ0v) is 19.7. The number of thiazole rings is 2. The number of nitrogens with zero attached hydrogens (tertiary/aromatic N) is 4. The van der Waals surface area contributed by atoms with E-state index in [2.05, 4.69) is 11.1 Å². The number of fused-ring (bicyclic) bond motifs is 1. The number of carbonyl (C=O) groups excluding carboxylic acids is 2. The number of hydrogen-bond acceptors (Lipinski definition) is 6. The summed E-state index contributed by atoms with van der Waals surface area (Å²) in [5.41, 5.74) is 2.40. The summed E-state index contributed by atoms with van der Waals surface area (Å²) in [6, 6.07) is 17.5. The van der Waals surface area contributed by atoms with E-state index < -0.39 is 0 Å². The van der Waals surface area contributed by atoms with Crippen LogP contribution in [0.25, 0.3) is 16.3 Å². The number of benzene rings is 2. The third kappa shape index (κ3) is 4.44. The van der Waals surface area contributed by atoms with Gasteiger partial charge in [-0.15, -0.1) is 22.7 Å². The minimum atomic E-state index is -0.113. The van der Waals surface area contributed by atoms with Gasteiger partial charge in [0.1, 0.15) is 5.01 Å². The first-order chi connectivity index (χ1) is 16.1. The molecule has 3 heterocycles. The van der Waals surface area contributed by atoms with Gasteiger partial charge in [0, 0.05) is 24.9 Å². The molecule has 0 radical (unpaired) electrons. The first-order valence-corrected chi connectivity index (χ1v) is 12.5. The van der Waals surface area contributed by atoms with Crippen molar-refractivity contribution >= 4 is 61.6 Å². The molecule has 1 aliphatic heterocycles. The fourth-order valence-electron chi connectivity index (χ4n) is 4.03. The van der Waals surface area contributed by atoms with E-state index in [0.717, 1.165) is 40.3 Å². The average Bonchev–Trinajstić information content (AvgIpc) is 3.57. The maximum absolute atomic E-state index is 13.0. The van der Waals surface area contributed by atoms with Crippen LogP contribution in [-0.4, -0.2) is 33.2 Å². The van der Waals surface area contributed by atoms with E-state index in [-0.39, 0.29) is 17.9 Å². The summed E-state index contributed by atoms with van der Waals surface area (Å²) >= 11 is 3.03. The van der Waals surface area contributed by atoms with E-state index in [1.807, 2.05) is 58.8 Å². The van der Waals surface area contributed by atoms with Crippen LogP contribution < -0.4 is 4.90 Å². The van der Waals surface area contributed by atoms with Gasteiger partial charge in [-0.3, -0.25) is 14.5 Å². The van der Waals surface area contributed by atoms with Crippen LogP contribution in [0.3, 0.4) is 0 Å². The van der Waals surface area contributed by atoms with E-state index in [9.17, 15) is 9.59 Å². The maximum atomic E-state index is 13.0. The first kappa shape index (κ1) is 21.5. The molecule has 0 saturated carbocycles. The van der Waals surface area contributed by atoms with Crippen molar-refractivity contribution in [2.24, 2.45) is 0 Å². The van der Waals surface area contributed by atoms with Gasteiger partial charge >= 0.3 is 0 Å². The molecule has 0 spiro atoms. The molecule has 2 amide bonds. The number of rotatable bonds is 5. The fourth-order valence-corrected chi connectivity index (χ4v) is 6.00. The molecule has 1 unspecified atom stereocenters. The van der Waals surface area contributed by atoms with Gasteiger partial charge in [0.05, 0.1) is 27.6 Å². The lowest BCUT2D eigenvalue weighted by Crippen LogP contribution is -2.28. The third-order valence-electron chi connectivity index (χ3n) is 5.56. The number of likely N-dealkylation sites (tertiary alicyclic amines) is 1. The lowest BCUT2D eigenvalue weighted by atomic mass is 10.2. The van der Waals surface area contributed by atoms with Crippen molar-refractivity contribution < 1.29 is 9.59 Å². The van der Waals surface area contributed by atoms with Gasteiger partial charge in [0.15, 0.2) is 5.13 Å². The molecule has 1 atom stereocenters. The number of amides is 2. The maximum Gasteiger partial charge on any atom is 0.247 e. The molecular weight excluding hydrogens is 452 g/mol. The van der Waals surface area contributed by atoms with Crippen LogP contribution >= 0.6 is 22.7 Å². The molecule has 2 aromatic carbocycles. The standard InChI is InChI=1S/C25H22N4O2S2/c1-17(30)29(19-8-3-2-4-9-19)25-26-18(16-32-25)13-14-23(31)28-15-7-11-21(28)24-27-20-10-5-6-12-22(20)33-24/h2-6,8-10,12-14,16,21H,7,11,15H2,1H3. The molecule has 6 nitrogen and oxygen atoms in total. The van der Waals surface area contributed by atoms with E-state index in [1.165, 1.54) is 18.3 Å². The quantitative estimate of drug-likeness (QED) is 0.342. The number of hydrogen-bond donors (Lipinski definition) is 0. The summed E-state index contributed by atoms with van der Waals surface area (Å²) in [6.07, 6.45) is 5.18. The average molecular weight is 475 g/mol. The van der Waals surface area contributed by atoms with Crippen LogP contribution in [-0.2, 0) is 9.59 Å². The van der Waals surface area contributed by atoms with E-state index >= 15 is 0 Å². The highest BCUT2D eigenvalue weighted by Crippen LogP contribution is 2.36. The van der Waals surface area contributed by atoms with Crippen molar-refractivity contribution in [1.29, 1.82) is 0 Å². The van der Waals surface area contributed by atoms with Gasteiger partial charge in [0.2, 0.25) is 11.8 Å². The van der Waals surface area contributed by atoms with Crippen molar-refractivity contribution in [3.8, 4) is 0 Å². The molecule has 4 aromatic rings. The first-order valence-electron chi connectivity index (χ1n) is 10.8. The lowest BCUT2D eigenvalue weighted by molar-refractivity contribution is -0.126. The molecule has 0 N–H and O–H groups in total. The van der Waals surface area contributed by atoms with Gasteiger partial charge in [-0.05, 0) is 43.2 Å². The molecule has 33 heavy (non-hydrogen) atoms. The Hall–Kier alpha value is -3.36. The Morgan fingerprint density at radius 2 is 1.88 bits per heavy atom. The van der Waals surface area contributed by atoms with Crippen LogP contribution in [0.4, 0.5) is 10.8 Å². The van der Waals surface area contributed by atoms with Crippen molar-refractivity contribution in [3.05, 3.63) is 76.8 Å². The van der Waals surface area contributed by atoms with Gasteiger partial charge in [-0.1, -0.05) is 30.3 Å². The van der Waals surface area contributed by atoms with Gasteiger partial charge in [0.25, 0.3) is 0 Å². The second-order valence-corrected chi connectivity index (χ2v) is 9.69. The SMILES string of the molecule is CC(=O)N(c1ccccc1)c1nc(C=CC(=O)N2CCCC2c2nc3ccccc3s2)cs1. The van der Waals surface area contributed by atoms with Crippen LogP contribution in [0.15, 0.2) is 66.1 Å². The molecule has 1 aliphatic rings. The van der Waals surface area contributed by atoms with E-state index in [1.54, 1.807) is 28.4 Å². The largest absolute Gasteiger partial charge is 0.330 e. The fraction of sp³-hybridized carbons (Fsp3) is 0.200.